The lowest BCUT2D eigenvalue weighted by atomic mass is 9.95. The van der Waals surface area contributed by atoms with Crippen molar-refractivity contribution in [3.8, 4) is 44.9 Å². The SMILES string of the molecule is c1ccc(-c2cc3c4cc(-c5nc(-c6ccc(-c7ccc8ccccc8c7)cc6)c6sc7ccccc7c6n5)ccc4oc3c3ccccc23)cc1. The lowest BCUT2D eigenvalue weighted by Crippen LogP contribution is -1.93. The fraction of sp³-hybridized carbons (Fsp3) is 0. The number of rotatable bonds is 4. The molecular formula is C48H28N2OS. The van der Waals surface area contributed by atoms with Crippen molar-refractivity contribution in [3.05, 3.63) is 170 Å². The molecule has 0 spiro atoms. The first-order chi connectivity index (χ1) is 25.7. The number of benzene rings is 8. The number of fused-ring (bicyclic) bond motifs is 9. The number of hydrogen-bond donors (Lipinski definition) is 0. The van der Waals surface area contributed by atoms with Gasteiger partial charge >= 0.3 is 0 Å². The second kappa shape index (κ2) is 11.5. The van der Waals surface area contributed by atoms with Gasteiger partial charge < -0.3 is 4.42 Å². The lowest BCUT2D eigenvalue weighted by molar-refractivity contribution is 0.672. The summed E-state index contributed by atoms with van der Waals surface area (Å²) in [6, 6.07) is 60.2. The highest BCUT2D eigenvalue weighted by atomic mass is 32.1. The molecule has 3 aromatic heterocycles. The van der Waals surface area contributed by atoms with Gasteiger partial charge in [0.15, 0.2) is 5.82 Å². The van der Waals surface area contributed by atoms with Crippen molar-refractivity contribution in [1.82, 2.24) is 9.97 Å². The Morgan fingerprint density at radius 3 is 1.98 bits per heavy atom. The van der Waals surface area contributed by atoms with E-state index in [0.717, 1.165) is 59.7 Å². The third-order valence-corrected chi connectivity index (χ3v) is 11.4. The fourth-order valence-electron chi connectivity index (χ4n) is 7.70. The van der Waals surface area contributed by atoms with Crippen molar-refractivity contribution in [2.45, 2.75) is 0 Å². The van der Waals surface area contributed by atoms with Crippen LogP contribution in [0.2, 0.25) is 0 Å². The van der Waals surface area contributed by atoms with Crippen LogP contribution in [-0.4, -0.2) is 9.97 Å². The van der Waals surface area contributed by atoms with Gasteiger partial charge in [0.25, 0.3) is 0 Å². The highest BCUT2D eigenvalue weighted by molar-refractivity contribution is 7.26. The molecule has 52 heavy (non-hydrogen) atoms. The zero-order chi connectivity index (χ0) is 34.2. The molecule has 0 saturated carbocycles. The third kappa shape index (κ3) is 4.58. The Kier molecular flexibility index (Phi) is 6.42. The van der Waals surface area contributed by atoms with Gasteiger partial charge in [-0.15, -0.1) is 11.3 Å². The van der Waals surface area contributed by atoms with Gasteiger partial charge in [-0.05, 0) is 74.8 Å². The van der Waals surface area contributed by atoms with Crippen LogP contribution in [0.1, 0.15) is 0 Å². The predicted octanol–water partition coefficient (Wildman–Crippen LogP) is 13.7. The Balaban J connectivity index is 1.09. The topological polar surface area (TPSA) is 38.9 Å². The first-order valence-electron chi connectivity index (χ1n) is 17.5. The summed E-state index contributed by atoms with van der Waals surface area (Å²) in [6.45, 7) is 0. The summed E-state index contributed by atoms with van der Waals surface area (Å²) in [6.07, 6.45) is 0. The number of furan rings is 1. The molecule has 0 unspecified atom stereocenters. The summed E-state index contributed by atoms with van der Waals surface area (Å²) in [5, 5.41) is 8.05. The van der Waals surface area contributed by atoms with Crippen molar-refractivity contribution >= 4 is 75.1 Å². The van der Waals surface area contributed by atoms with Gasteiger partial charge in [0, 0.05) is 37.4 Å². The van der Waals surface area contributed by atoms with E-state index in [4.69, 9.17) is 14.4 Å². The van der Waals surface area contributed by atoms with Crippen LogP contribution in [0.5, 0.6) is 0 Å². The molecule has 0 fully saturated rings. The largest absolute Gasteiger partial charge is 0.455 e. The van der Waals surface area contributed by atoms with Crippen LogP contribution < -0.4 is 0 Å². The molecule has 0 atom stereocenters. The first-order valence-corrected chi connectivity index (χ1v) is 18.3. The van der Waals surface area contributed by atoms with Crippen LogP contribution in [-0.2, 0) is 0 Å². The van der Waals surface area contributed by atoms with Gasteiger partial charge in [-0.3, -0.25) is 0 Å². The van der Waals surface area contributed by atoms with E-state index >= 15 is 0 Å². The molecule has 11 aromatic rings. The molecule has 242 valence electrons. The van der Waals surface area contributed by atoms with E-state index in [2.05, 4.69) is 170 Å². The summed E-state index contributed by atoms with van der Waals surface area (Å²) < 4.78 is 8.89. The molecule has 0 aliphatic rings. The molecule has 3 nitrogen and oxygen atoms in total. The van der Waals surface area contributed by atoms with Crippen LogP contribution in [0.25, 0.3) is 109 Å². The molecule has 0 saturated heterocycles. The molecular weight excluding hydrogens is 653 g/mol. The van der Waals surface area contributed by atoms with E-state index in [9.17, 15) is 0 Å². The molecule has 0 radical (unpaired) electrons. The van der Waals surface area contributed by atoms with E-state index in [1.54, 1.807) is 11.3 Å². The van der Waals surface area contributed by atoms with Crippen LogP contribution in [0.3, 0.4) is 0 Å². The maximum absolute atomic E-state index is 6.59. The lowest BCUT2D eigenvalue weighted by Gasteiger charge is -2.09. The Morgan fingerprint density at radius 2 is 1.12 bits per heavy atom. The van der Waals surface area contributed by atoms with Crippen molar-refractivity contribution in [2.24, 2.45) is 0 Å². The number of nitrogens with zero attached hydrogens (tertiary/aromatic N) is 2. The van der Waals surface area contributed by atoms with Gasteiger partial charge in [0.2, 0.25) is 0 Å². The first kappa shape index (κ1) is 29.1. The van der Waals surface area contributed by atoms with E-state index in [1.807, 2.05) is 0 Å². The standard InChI is InChI=1S/C48H28N2OS/c1-2-11-31(12-3-1)39-28-41-40-27-35(24-25-42(40)51-46(41)37-15-7-6-14-36(37)39)48-49-44(47-45(50-48)38-16-8-9-17-43(38)52-47)32-21-18-30(19-22-32)34-23-20-29-10-4-5-13-33(29)26-34/h1-28H. The average Bonchev–Trinajstić information content (AvgIpc) is 3.79. The summed E-state index contributed by atoms with van der Waals surface area (Å²) in [5.41, 5.74) is 10.4. The maximum Gasteiger partial charge on any atom is 0.160 e. The van der Waals surface area contributed by atoms with E-state index in [0.29, 0.717) is 5.82 Å². The van der Waals surface area contributed by atoms with Gasteiger partial charge in [-0.1, -0.05) is 133 Å². The number of thiophene rings is 1. The van der Waals surface area contributed by atoms with Gasteiger partial charge in [-0.2, -0.15) is 0 Å². The molecule has 11 rings (SSSR count). The van der Waals surface area contributed by atoms with Crippen LogP contribution in [0, 0.1) is 0 Å². The van der Waals surface area contributed by atoms with Gasteiger partial charge in [0.1, 0.15) is 11.2 Å². The van der Waals surface area contributed by atoms with E-state index in [-0.39, 0.29) is 0 Å². The average molecular weight is 681 g/mol. The maximum atomic E-state index is 6.59. The highest BCUT2D eigenvalue weighted by Crippen LogP contribution is 2.43. The summed E-state index contributed by atoms with van der Waals surface area (Å²) in [7, 11) is 0. The van der Waals surface area contributed by atoms with E-state index < -0.39 is 0 Å². The zero-order valence-corrected chi connectivity index (χ0v) is 28.7. The summed E-state index contributed by atoms with van der Waals surface area (Å²) in [4.78, 5) is 10.6. The van der Waals surface area contributed by atoms with Crippen molar-refractivity contribution < 1.29 is 4.42 Å². The van der Waals surface area contributed by atoms with Crippen LogP contribution in [0.4, 0.5) is 0 Å². The third-order valence-electron chi connectivity index (χ3n) is 10.3. The monoisotopic (exact) mass is 680 g/mol. The Morgan fingerprint density at radius 1 is 0.423 bits per heavy atom. The molecule has 3 heterocycles. The predicted molar refractivity (Wildman–Crippen MR) is 219 cm³/mol. The minimum Gasteiger partial charge on any atom is -0.455 e. The fourth-order valence-corrected chi connectivity index (χ4v) is 8.85. The highest BCUT2D eigenvalue weighted by Gasteiger charge is 2.19. The van der Waals surface area contributed by atoms with Crippen molar-refractivity contribution in [3.63, 3.8) is 0 Å². The van der Waals surface area contributed by atoms with Gasteiger partial charge in [-0.25, -0.2) is 9.97 Å². The van der Waals surface area contributed by atoms with Crippen molar-refractivity contribution in [1.29, 1.82) is 0 Å². The van der Waals surface area contributed by atoms with Crippen LogP contribution >= 0.6 is 11.3 Å². The number of aromatic nitrogens is 2. The number of hydrogen-bond acceptors (Lipinski definition) is 4. The zero-order valence-electron chi connectivity index (χ0n) is 27.9. The molecule has 0 amide bonds. The molecule has 0 bridgehead atoms. The normalized spacial score (nSPS) is 11.8. The Hall–Kier alpha value is -6.62. The minimum atomic E-state index is 0.699. The summed E-state index contributed by atoms with van der Waals surface area (Å²) in [5.74, 6) is 0.699. The second-order valence-electron chi connectivity index (χ2n) is 13.3. The molecule has 0 aliphatic carbocycles. The molecule has 4 heteroatoms. The molecule has 0 aliphatic heterocycles. The van der Waals surface area contributed by atoms with Gasteiger partial charge in [0.05, 0.1) is 15.9 Å². The Bertz CT molecular complexity index is 3180. The summed E-state index contributed by atoms with van der Waals surface area (Å²) >= 11 is 1.76. The van der Waals surface area contributed by atoms with Crippen LogP contribution in [0.15, 0.2) is 174 Å². The molecule has 0 N–H and O–H groups in total. The Labute approximate surface area is 303 Å². The molecule has 8 aromatic carbocycles. The smallest absolute Gasteiger partial charge is 0.160 e. The second-order valence-corrected chi connectivity index (χ2v) is 14.4. The quantitative estimate of drug-likeness (QED) is 0.186. The minimum absolute atomic E-state index is 0.699. The van der Waals surface area contributed by atoms with E-state index in [1.165, 1.54) is 43.1 Å². The van der Waals surface area contributed by atoms with Crippen molar-refractivity contribution in [2.75, 3.05) is 0 Å².